The van der Waals surface area contributed by atoms with E-state index in [1.165, 1.54) is 18.4 Å². The van der Waals surface area contributed by atoms with E-state index in [1.54, 1.807) is 0 Å². The molecule has 0 radical (unpaired) electrons. The van der Waals surface area contributed by atoms with E-state index in [9.17, 15) is 0 Å². The van der Waals surface area contributed by atoms with Crippen LogP contribution in [0.4, 0.5) is 0 Å². The van der Waals surface area contributed by atoms with Crippen LogP contribution >= 0.6 is 15.9 Å². The van der Waals surface area contributed by atoms with Crippen molar-refractivity contribution in [3.63, 3.8) is 0 Å². The van der Waals surface area contributed by atoms with Gasteiger partial charge in [0.25, 0.3) is 0 Å². The summed E-state index contributed by atoms with van der Waals surface area (Å²) in [7, 11) is 2.00. The summed E-state index contributed by atoms with van der Waals surface area (Å²) in [5, 5.41) is 3.26. The quantitative estimate of drug-likeness (QED) is 0.911. The average Bonchev–Trinajstić information content (AvgIpc) is 2.99. The fraction of sp³-hybridized carbons (Fsp3) is 0.357. The molecular weight excluding hydrogens is 290 g/mol. The Labute approximate surface area is 115 Å². The molecule has 1 saturated carbocycles. The number of aromatic nitrogens is 2. The van der Waals surface area contributed by atoms with Crippen molar-refractivity contribution in [2.24, 2.45) is 0 Å². The lowest BCUT2D eigenvalue weighted by Gasteiger charge is -2.10. The van der Waals surface area contributed by atoms with Crippen LogP contribution in [0.1, 0.15) is 18.7 Å². The normalized spacial score (nSPS) is 16.8. The highest BCUT2D eigenvalue weighted by atomic mass is 79.9. The zero-order valence-electron chi connectivity index (χ0n) is 10.3. The van der Waals surface area contributed by atoms with Gasteiger partial charge in [0.05, 0.1) is 11.9 Å². The number of benzene rings is 1. The van der Waals surface area contributed by atoms with Gasteiger partial charge in [0.15, 0.2) is 0 Å². The Kier molecular flexibility index (Phi) is 2.99. The van der Waals surface area contributed by atoms with Gasteiger partial charge >= 0.3 is 0 Å². The number of hydrogen-bond donors (Lipinski definition) is 2. The van der Waals surface area contributed by atoms with Crippen molar-refractivity contribution in [1.29, 1.82) is 0 Å². The van der Waals surface area contributed by atoms with E-state index in [1.807, 2.05) is 13.2 Å². The molecule has 94 valence electrons. The summed E-state index contributed by atoms with van der Waals surface area (Å²) in [6, 6.07) is 8.30. The maximum atomic E-state index is 4.56. The Balaban J connectivity index is 1.88. The second-order valence-electron chi connectivity index (χ2n) is 4.96. The van der Waals surface area contributed by atoms with Gasteiger partial charge < -0.3 is 10.3 Å². The third-order valence-electron chi connectivity index (χ3n) is 3.60. The van der Waals surface area contributed by atoms with Gasteiger partial charge in [0, 0.05) is 16.4 Å². The third kappa shape index (κ3) is 2.10. The van der Waals surface area contributed by atoms with Gasteiger partial charge in [-0.15, -0.1) is 0 Å². The molecule has 3 nitrogen and oxygen atoms in total. The topological polar surface area (TPSA) is 40.7 Å². The second kappa shape index (κ2) is 4.52. The van der Waals surface area contributed by atoms with E-state index in [2.05, 4.69) is 55.5 Å². The van der Waals surface area contributed by atoms with Gasteiger partial charge in [-0.1, -0.05) is 28.1 Å². The molecule has 1 fully saturated rings. The minimum atomic E-state index is 0.252. The molecule has 18 heavy (non-hydrogen) atoms. The number of halogens is 1. The van der Waals surface area contributed by atoms with Crippen LogP contribution in [0.2, 0.25) is 0 Å². The Bertz CT molecular complexity index is 540. The summed E-state index contributed by atoms with van der Waals surface area (Å²) in [4.78, 5) is 8.03. The minimum Gasteiger partial charge on any atom is -0.342 e. The van der Waals surface area contributed by atoms with Gasteiger partial charge in [-0.3, -0.25) is 0 Å². The highest BCUT2D eigenvalue weighted by Gasteiger charge is 2.46. The van der Waals surface area contributed by atoms with Crippen LogP contribution in [0.25, 0.3) is 11.3 Å². The predicted molar refractivity (Wildman–Crippen MR) is 76.6 cm³/mol. The number of imidazole rings is 1. The smallest absolute Gasteiger partial charge is 0.114 e. The fourth-order valence-electron chi connectivity index (χ4n) is 2.35. The number of likely N-dealkylation sites (N-methyl/N-ethyl adjacent to an activating group) is 1. The van der Waals surface area contributed by atoms with E-state index in [0.717, 1.165) is 22.5 Å². The molecule has 1 aliphatic carbocycles. The monoisotopic (exact) mass is 305 g/mol. The molecule has 0 bridgehead atoms. The molecule has 0 amide bonds. The van der Waals surface area contributed by atoms with Crippen LogP contribution in [-0.2, 0) is 5.41 Å². The maximum absolute atomic E-state index is 4.56. The van der Waals surface area contributed by atoms with Crippen molar-refractivity contribution in [3.05, 3.63) is 40.8 Å². The van der Waals surface area contributed by atoms with Gasteiger partial charge in [0.1, 0.15) is 5.82 Å². The second-order valence-corrected chi connectivity index (χ2v) is 5.88. The molecule has 1 aromatic heterocycles. The summed E-state index contributed by atoms with van der Waals surface area (Å²) in [6.45, 7) is 1.00. The van der Waals surface area contributed by atoms with Gasteiger partial charge in [-0.2, -0.15) is 0 Å². The largest absolute Gasteiger partial charge is 0.342 e. The van der Waals surface area contributed by atoms with Crippen LogP contribution in [-0.4, -0.2) is 23.6 Å². The Morgan fingerprint density at radius 3 is 2.67 bits per heavy atom. The van der Waals surface area contributed by atoms with E-state index in [0.29, 0.717) is 0 Å². The molecule has 1 heterocycles. The highest BCUT2D eigenvalue weighted by molar-refractivity contribution is 9.10. The molecule has 1 aliphatic rings. The van der Waals surface area contributed by atoms with Crippen LogP contribution in [0.5, 0.6) is 0 Å². The highest BCUT2D eigenvalue weighted by Crippen LogP contribution is 2.46. The first kappa shape index (κ1) is 11.9. The fourth-order valence-corrected chi connectivity index (χ4v) is 2.62. The number of nitrogens with zero attached hydrogens (tertiary/aromatic N) is 1. The molecule has 0 saturated heterocycles. The van der Waals surface area contributed by atoms with E-state index >= 15 is 0 Å². The molecule has 0 unspecified atom stereocenters. The molecular formula is C14H16BrN3. The van der Waals surface area contributed by atoms with Crippen molar-refractivity contribution in [2.75, 3.05) is 13.6 Å². The number of aromatic amines is 1. The van der Waals surface area contributed by atoms with Gasteiger partial charge in [-0.25, -0.2) is 4.98 Å². The molecule has 3 rings (SSSR count). The molecule has 1 aromatic carbocycles. The lowest BCUT2D eigenvalue weighted by Crippen LogP contribution is -2.24. The van der Waals surface area contributed by atoms with Crippen LogP contribution in [0, 0.1) is 0 Å². The number of hydrogen-bond acceptors (Lipinski definition) is 2. The van der Waals surface area contributed by atoms with E-state index in [4.69, 9.17) is 0 Å². The zero-order chi connectivity index (χ0) is 12.6. The van der Waals surface area contributed by atoms with Crippen molar-refractivity contribution < 1.29 is 0 Å². The van der Waals surface area contributed by atoms with E-state index in [-0.39, 0.29) is 5.41 Å². The lowest BCUT2D eigenvalue weighted by atomic mass is 10.1. The van der Waals surface area contributed by atoms with Crippen LogP contribution in [0.15, 0.2) is 34.9 Å². The lowest BCUT2D eigenvalue weighted by molar-refractivity contribution is 0.594. The number of H-pyrrole nitrogens is 1. The number of rotatable bonds is 4. The van der Waals surface area contributed by atoms with Gasteiger partial charge in [-0.05, 0) is 37.6 Å². The van der Waals surface area contributed by atoms with Crippen molar-refractivity contribution in [1.82, 2.24) is 15.3 Å². The molecule has 2 N–H and O–H groups in total. The molecule has 4 heteroatoms. The molecule has 0 atom stereocenters. The van der Waals surface area contributed by atoms with Crippen LogP contribution in [0.3, 0.4) is 0 Å². The standard InChI is InChI=1S/C14H16BrN3/c1-16-9-14(6-7-14)13-17-8-12(18-13)10-2-4-11(15)5-3-10/h2-5,8,16H,6-7,9H2,1H3,(H,17,18). The Hall–Kier alpha value is -1.13. The maximum Gasteiger partial charge on any atom is 0.114 e. The first-order chi connectivity index (χ1) is 8.73. The molecule has 2 aromatic rings. The first-order valence-corrected chi connectivity index (χ1v) is 6.99. The summed E-state index contributed by atoms with van der Waals surface area (Å²) < 4.78 is 1.10. The zero-order valence-corrected chi connectivity index (χ0v) is 11.9. The Morgan fingerprint density at radius 1 is 1.33 bits per heavy atom. The Morgan fingerprint density at radius 2 is 2.06 bits per heavy atom. The summed E-state index contributed by atoms with van der Waals surface area (Å²) in [6.07, 6.45) is 4.39. The summed E-state index contributed by atoms with van der Waals surface area (Å²) in [5.41, 5.74) is 2.53. The third-order valence-corrected chi connectivity index (χ3v) is 4.13. The van der Waals surface area contributed by atoms with Gasteiger partial charge in [0.2, 0.25) is 0 Å². The summed E-state index contributed by atoms with van der Waals surface area (Å²) >= 11 is 3.45. The van der Waals surface area contributed by atoms with E-state index < -0.39 is 0 Å². The number of nitrogens with one attached hydrogen (secondary N) is 2. The first-order valence-electron chi connectivity index (χ1n) is 6.20. The summed E-state index contributed by atoms with van der Waals surface area (Å²) in [5.74, 6) is 1.12. The minimum absolute atomic E-state index is 0.252. The van der Waals surface area contributed by atoms with Crippen molar-refractivity contribution in [3.8, 4) is 11.3 Å². The molecule has 0 aliphatic heterocycles. The average molecular weight is 306 g/mol. The predicted octanol–water partition coefficient (Wildman–Crippen LogP) is 3.09. The molecule has 0 spiro atoms. The van der Waals surface area contributed by atoms with Crippen molar-refractivity contribution in [2.45, 2.75) is 18.3 Å². The van der Waals surface area contributed by atoms with Crippen molar-refractivity contribution >= 4 is 15.9 Å². The van der Waals surface area contributed by atoms with Crippen LogP contribution < -0.4 is 5.32 Å². The SMILES string of the molecule is CNCC1(c2ncc(-c3ccc(Br)cc3)[nH]2)CC1.